The monoisotopic (exact) mass is 303 g/mol. The molecule has 0 saturated carbocycles. The lowest BCUT2D eigenvalue weighted by Crippen LogP contribution is -2.43. The third-order valence-electron chi connectivity index (χ3n) is 3.58. The number of benzene rings is 2. The maximum atomic E-state index is 12.0. The van der Waals surface area contributed by atoms with Crippen molar-refractivity contribution in [1.29, 1.82) is 0 Å². The maximum Gasteiger partial charge on any atom is 0.230 e. The lowest BCUT2D eigenvalue weighted by atomic mass is 10.0. The van der Waals surface area contributed by atoms with E-state index in [4.69, 9.17) is 0 Å². The number of phenolic OH excluding ortho intramolecular Hbond substituents is 1. The van der Waals surface area contributed by atoms with Gasteiger partial charge in [0.2, 0.25) is 5.91 Å². The summed E-state index contributed by atoms with van der Waals surface area (Å²) in [6.07, 6.45) is 0.894. The van der Waals surface area contributed by atoms with Gasteiger partial charge in [0.25, 0.3) is 0 Å². The fourth-order valence-corrected chi connectivity index (χ4v) is 2.88. The van der Waals surface area contributed by atoms with Crippen molar-refractivity contribution >= 4 is 28.4 Å². The zero-order valence-corrected chi connectivity index (χ0v) is 13.5. The molecule has 2 aromatic rings. The molecule has 2 aromatic carbocycles. The van der Waals surface area contributed by atoms with Gasteiger partial charge in [0.15, 0.2) is 0 Å². The molecule has 21 heavy (non-hydrogen) atoms. The lowest BCUT2D eigenvalue weighted by molar-refractivity contribution is -0.120. The van der Waals surface area contributed by atoms with Gasteiger partial charge in [0, 0.05) is 15.8 Å². The summed E-state index contributed by atoms with van der Waals surface area (Å²) in [6, 6.07) is 11.2. The zero-order valence-electron chi connectivity index (χ0n) is 12.6. The lowest BCUT2D eigenvalue weighted by Gasteiger charge is -2.24. The van der Waals surface area contributed by atoms with Crippen LogP contribution in [0.25, 0.3) is 10.8 Å². The first kappa shape index (κ1) is 15.7. The Morgan fingerprint density at radius 3 is 2.52 bits per heavy atom. The van der Waals surface area contributed by atoms with Crippen LogP contribution in [0.2, 0.25) is 0 Å². The number of nitrogens with one attached hydrogen (secondary N) is 1. The molecule has 0 spiro atoms. The minimum absolute atomic E-state index is 0.0315. The fraction of sp³-hybridized carbons (Fsp3) is 0.353. The Kier molecular flexibility index (Phi) is 4.78. The van der Waals surface area contributed by atoms with Crippen LogP contribution in [0.1, 0.15) is 27.2 Å². The fourth-order valence-electron chi connectivity index (χ4n) is 2.03. The quantitative estimate of drug-likeness (QED) is 0.823. The predicted molar refractivity (Wildman–Crippen MR) is 88.8 cm³/mol. The molecular weight excluding hydrogens is 282 g/mol. The summed E-state index contributed by atoms with van der Waals surface area (Å²) in [7, 11) is 0. The highest BCUT2D eigenvalue weighted by molar-refractivity contribution is 8.00. The van der Waals surface area contributed by atoms with Crippen molar-refractivity contribution in [1.82, 2.24) is 5.32 Å². The second kappa shape index (κ2) is 6.39. The van der Waals surface area contributed by atoms with Gasteiger partial charge in [-0.05, 0) is 37.8 Å². The van der Waals surface area contributed by atoms with Gasteiger partial charge >= 0.3 is 0 Å². The first-order valence-electron chi connectivity index (χ1n) is 7.07. The van der Waals surface area contributed by atoms with Crippen molar-refractivity contribution in [2.75, 3.05) is 5.75 Å². The zero-order chi connectivity index (χ0) is 15.5. The van der Waals surface area contributed by atoms with E-state index in [-0.39, 0.29) is 17.2 Å². The minimum Gasteiger partial charge on any atom is -0.507 e. The molecule has 0 saturated heterocycles. The largest absolute Gasteiger partial charge is 0.507 e. The van der Waals surface area contributed by atoms with Crippen molar-refractivity contribution in [2.24, 2.45) is 0 Å². The summed E-state index contributed by atoms with van der Waals surface area (Å²) in [4.78, 5) is 13.0. The van der Waals surface area contributed by atoms with Gasteiger partial charge in [0.1, 0.15) is 5.75 Å². The molecule has 0 aliphatic heterocycles. The molecule has 0 heterocycles. The number of aromatic hydroxyl groups is 1. The van der Waals surface area contributed by atoms with E-state index in [9.17, 15) is 9.90 Å². The van der Waals surface area contributed by atoms with Gasteiger partial charge in [-0.15, -0.1) is 11.8 Å². The second-order valence-corrected chi connectivity index (χ2v) is 6.72. The number of amides is 1. The normalized spacial score (nSPS) is 11.6. The summed E-state index contributed by atoms with van der Waals surface area (Å²) in [5, 5.41) is 14.7. The Labute approximate surface area is 129 Å². The molecule has 0 aliphatic rings. The molecular formula is C17H21NO2S. The molecule has 4 heteroatoms. The molecule has 2 rings (SSSR count). The van der Waals surface area contributed by atoms with E-state index >= 15 is 0 Å². The van der Waals surface area contributed by atoms with Crippen LogP contribution in [0.15, 0.2) is 41.3 Å². The summed E-state index contributed by atoms with van der Waals surface area (Å²) in [6.45, 7) is 6.10. The summed E-state index contributed by atoms with van der Waals surface area (Å²) in [5.41, 5.74) is -0.172. The topological polar surface area (TPSA) is 49.3 Å². The van der Waals surface area contributed by atoms with Crippen LogP contribution >= 0.6 is 11.8 Å². The highest BCUT2D eigenvalue weighted by Gasteiger charge is 2.18. The minimum atomic E-state index is -0.172. The van der Waals surface area contributed by atoms with Crippen molar-refractivity contribution in [3.8, 4) is 5.75 Å². The molecule has 3 nitrogen and oxygen atoms in total. The standard InChI is InChI=1S/C17H21NO2S/c1-4-17(2,3)18-16(20)11-21-15-10-9-14(19)12-7-5-6-8-13(12)15/h5-10,19H,4,11H2,1-3H3,(H,18,20). The number of hydrogen-bond donors (Lipinski definition) is 2. The second-order valence-electron chi connectivity index (χ2n) is 5.70. The van der Waals surface area contributed by atoms with Gasteiger partial charge in [0.05, 0.1) is 5.75 Å². The van der Waals surface area contributed by atoms with E-state index in [0.29, 0.717) is 5.75 Å². The van der Waals surface area contributed by atoms with Crippen molar-refractivity contribution in [2.45, 2.75) is 37.6 Å². The summed E-state index contributed by atoms with van der Waals surface area (Å²) >= 11 is 1.49. The van der Waals surface area contributed by atoms with Crippen LogP contribution in [0.4, 0.5) is 0 Å². The van der Waals surface area contributed by atoms with Crippen molar-refractivity contribution in [3.63, 3.8) is 0 Å². The van der Waals surface area contributed by atoms with E-state index in [0.717, 1.165) is 22.1 Å². The first-order chi connectivity index (χ1) is 9.93. The van der Waals surface area contributed by atoms with Gasteiger partial charge < -0.3 is 10.4 Å². The van der Waals surface area contributed by atoms with Gasteiger partial charge in [-0.25, -0.2) is 0 Å². The number of fused-ring (bicyclic) bond motifs is 1. The Morgan fingerprint density at radius 1 is 1.19 bits per heavy atom. The molecule has 0 fully saturated rings. The van der Waals surface area contributed by atoms with Crippen LogP contribution in [0.3, 0.4) is 0 Å². The molecule has 0 bridgehead atoms. The van der Waals surface area contributed by atoms with E-state index in [1.807, 2.05) is 44.2 Å². The molecule has 1 amide bonds. The highest BCUT2D eigenvalue weighted by atomic mass is 32.2. The number of phenols is 1. The molecule has 0 radical (unpaired) electrons. The van der Waals surface area contributed by atoms with Crippen LogP contribution in [0.5, 0.6) is 5.75 Å². The van der Waals surface area contributed by atoms with E-state index < -0.39 is 0 Å². The average Bonchev–Trinajstić information content (AvgIpc) is 2.46. The first-order valence-corrected chi connectivity index (χ1v) is 8.06. The highest BCUT2D eigenvalue weighted by Crippen LogP contribution is 2.33. The van der Waals surface area contributed by atoms with E-state index in [1.165, 1.54) is 11.8 Å². The number of carbonyl (C=O) groups is 1. The predicted octanol–water partition coefficient (Wildman–Crippen LogP) is 3.94. The van der Waals surface area contributed by atoms with Crippen molar-refractivity contribution in [3.05, 3.63) is 36.4 Å². The third kappa shape index (κ3) is 3.91. The van der Waals surface area contributed by atoms with Crippen LogP contribution in [-0.2, 0) is 4.79 Å². The number of rotatable bonds is 5. The van der Waals surface area contributed by atoms with E-state index in [2.05, 4.69) is 12.2 Å². The Hall–Kier alpha value is -1.68. The average molecular weight is 303 g/mol. The van der Waals surface area contributed by atoms with Crippen LogP contribution in [0, 0.1) is 0 Å². The summed E-state index contributed by atoms with van der Waals surface area (Å²) < 4.78 is 0. The maximum absolute atomic E-state index is 12.0. The molecule has 112 valence electrons. The molecule has 0 atom stereocenters. The molecule has 0 aliphatic carbocycles. The molecule has 2 N–H and O–H groups in total. The Morgan fingerprint density at radius 2 is 1.86 bits per heavy atom. The third-order valence-corrected chi connectivity index (χ3v) is 4.66. The molecule has 0 aromatic heterocycles. The number of thioether (sulfide) groups is 1. The van der Waals surface area contributed by atoms with Crippen molar-refractivity contribution < 1.29 is 9.90 Å². The smallest absolute Gasteiger partial charge is 0.230 e. The number of carbonyl (C=O) groups excluding carboxylic acids is 1. The Bertz CT molecular complexity index is 652. The number of hydrogen-bond acceptors (Lipinski definition) is 3. The Balaban J connectivity index is 2.11. The van der Waals surface area contributed by atoms with Gasteiger partial charge in [-0.2, -0.15) is 0 Å². The SMILES string of the molecule is CCC(C)(C)NC(=O)CSc1ccc(O)c2ccccc12. The molecule has 0 unspecified atom stereocenters. The van der Waals surface area contributed by atoms with Crippen LogP contribution in [-0.4, -0.2) is 22.3 Å². The summed E-state index contributed by atoms with van der Waals surface area (Å²) in [5.74, 6) is 0.675. The van der Waals surface area contributed by atoms with Gasteiger partial charge in [-0.3, -0.25) is 4.79 Å². The van der Waals surface area contributed by atoms with Gasteiger partial charge in [-0.1, -0.05) is 31.2 Å². The van der Waals surface area contributed by atoms with E-state index in [1.54, 1.807) is 6.07 Å². The van der Waals surface area contributed by atoms with Crippen LogP contribution < -0.4 is 5.32 Å².